The molecule has 0 bridgehead atoms. The van der Waals surface area contributed by atoms with Crippen LogP contribution in [0.25, 0.3) is 0 Å². The number of hydrogen-bond donors (Lipinski definition) is 2. The van der Waals surface area contributed by atoms with Crippen molar-refractivity contribution in [3.05, 3.63) is 23.4 Å². The van der Waals surface area contributed by atoms with Crippen molar-refractivity contribution in [1.82, 2.24) is 5.32 Å². The van der Waals surface area contributed by atoms with Gasteiger partial charge < -0.3 is 10.4 Å². The minimum Gasteiger partial charge on any atom is -0.377 e. The fourth-order valence-corrected chi connectivity index (χ4v) is 1.37. The fraction of sp³-hybridized carbons (Fsp3) is 0.455. The Morgan fingerprint density at radius 1 is 1.20 bits per heavy atom. The van der Waals surface area contributed by atoms with Crippen molar-refractivity contribution in [1.29, 1.82) is 0 Å². The summed E-state index contributed by atoms with van der Waals surface area (Å²) < 4.78 is 0. The summed E-state index contributed by atoms with van der Waals surface area (Å²) >= 11 is 0. The van der Waals surface area contributed by atoms with Gasteiger partial charge in [-0.15, -0.1) is 0 Å². The molecule has 0 fully saturated rings. The lowest BCUT2D eigenvalue weighted by Gasteiger charge is -2.23. The van der Waals surface area contributed by atoms with Crippen LogP contribution >= 0.6 is 0 Å². The highest BCUT2D eigenvalue weighted by atomic mass is 16.3. The van der Waals surface area contributed by atoms with Crippen molar-refractivity contribution in [2.75, 3.05) is 6.73 Å². The normalized spacial score (nSPS) is 17.3. The number of nitrogens with one attached hydrogen (secondary N) is 1. The lowest BCUT2D eigenvalue weighted by Crippen LogP contribution is -2.28. The van der Waals surface area contributed by atoms with E-state index in [1.807, 2.05) is 20.8 Å². The van der Waals surface area contributed by atoms with Gasteiger partial charge in [0.1, 0.15) is 6.73 Å². The van der Waals surface area contributed by atoms with Crippen LogP contribution in [0.1, 0.15) is 20.8 Å². The zero-order valence-corrected chi connectivity index (χ0v) is 9.13. The number of aliphatic hydroxyl groups excluding tert-OH is 1. The van der Waals surface area contributed by atoms with Crippen LogP contribution < -0.4 is 5.32 Å². The van der Waals surface area contributed by atoms with Crippen LogP contribution in [0.2, 0.25) is 0 Å². The van der Waals surface area contributed by atoms with E-state index in [0.29, 0.717) is 5.57 Å². The third kappa shape index (κ3) is 2.53. The molecule has 0 aromatic rings. The molecule has 0 aromatic carbocycles. The minimum absolute atomic E-state index is 0.149. The molecule has 0 saturated carbocycles. The molecule has 0 heterocycles. The number of carbonyl (C=O) groups is 2. The Balaban J connectivity index is 2.99. The smallest absolute Gasteiger partial charge is 0.202 e. The Labute approximate surface area is 88.7 Å². The van der Waals surface area contributed by atoms with Gasteiger partial charge in [-0.05, 0) is 11.5 Å². The van der Waals surface area contributed by atoms with Crippen LogP contribution in [0.4, 0.5) is 0 Å². The summed E-state index contributed by atoms with van der Waals surface area (Å²) in [5.74, 6) is -0.452. The molecular weight excluding hydrogens is 194 g/mol. The van der Waals surface area contributed by atoms with Crippen LogP contribution in [-0.4, -0.2) is 23.4 Å². The Morgan fingerprint density at radius 2 is 1.80 bits per heavy atom. The Bertz CT molecular complexity index is 359. The third-order valence-electron chi connectivity index (χ3n) is 2.16. The first-order valence-electron chi connectivity index (χ1n) is 4.73. The van der Waals surface area contributed by atoms with Crippen molar-refractivity contribution < 1.29 is 14.7 Å². The minimum atomic E-state index is -0.358. The van der Waals surface area contributed by atoms with E-state index in [0.717, 1.165) is 0 Å². The maximum absolute atomic E-state index is 11.7. The molecule has 0 aromatic heterocycles. The van der Waals surface area contributed by atoms with Gasteiger partial charge in [-0.25, -0.2) is 0 Å². The summed E-state index contributed by atoms with van der Waals surface area (Å²) in [6, 6.07) is 0. The molecule has 0 atom stereocenters. The zero-order chi connectivity index (χ0) is 11.6. The van der Waals surface area contributed by atoms with Gasteiger partial charge in [-0.2, -0.15) is 0 Å². The summed E-state index contributed by atoms with van der Waals surface area (Å²) in [6.45, 7) is 5.27. The summed E-state index contributed by atoms with van der Waals surface area (Å²) in [7, 11) is 0. The summed E-state index contributed by atoms with van der Waals surface area (Å²) in [6.07, 6.45) is 2.57. The van der Waals surface area contributed by atoms with Crippen molar-refractivity contribution in [2.45, 2.75) is 20.8 Å². The molecule has 15 heavy (non-hydrogen) atoms. The molecule has 1 aliphatic carbocycles. The van der Waals surface area contributed by atoms with E-state index in [2.05, 4.69) is 5.32 Å². The molecule has 82 valence electrons. The molecule has 0 amide bonds. The van der Waals surface area contributed by atoms with E-state index >= 15 is 0 Å². The average Bonchev–Trinajstić information content (AvgIpc) is 2.09. The highest BCUT2D eigenvalue weighted by Crippen LogP contribution is 2.28. The highest BCUT2D eigenvalue weighted by Gasteiger charge is 2.28. The molecule has 0 unspecified atom stereocenters. The monoisotopic (exact) mass is 209 g/mol. The topological polar surface area (TPSA) is 66.4 Å². The van der Waals surface area contributed by atoms with Crippen molar-refractivity contribution in [3.8, 4) is 0 Å². The molecule has 0 aliphatic heterocycles. The highest BCUT2D eigenvalue weighted by molar-refractivity contribution is 6.20. The number of aliphatic hydroxyl groups is 1. The SMILES string of the molecule is CC(C)(C)C1=CC(=O)C(NCO)=CC1=O. The van der Waals surface area contributed by atoms with Gasteiger partial charge in [0.2, 0.25) is 5.78 Å². The second-order valence-electron chi connectivity index (χ2n) is 4.43. The number of allylic oxidation sites excluding steroid dienone is 3. The van der Waals surface area contributed by atoms with Gasteiger partial charge in [-0.3, -0.25) is 9.59 Å². The van der Waals surface area contributed by atoms with Crippen molar-refractivity contribution in [2.24, 2.45) is 5.41 Å². The maximum Gasteiger partial charge on any atom is 0.202 e. The van der Waals surface area contributed by atoms with Crippen LogP contribution in [0, 0.1) is 5.41 Å². The number of carbonyl (C=O) groups excluding carboxylic acids is 2. The lowest BCUT2D eigenvalue weighted by molar-refractivity contribution is -0.116. The molecule has 1 aliphatic rings. The summed E-state index contributed by atoms with van der Waals surface area (Å²) in [5, 5.41) is 11.1. The van der Waals surface area contributed by atoms with Crippen molar-refractivity contribution >= 4 is 11.6 Å². The number of rotatable bonds is 2. The van der Waals surface area contributed by atoms with Crippen LogP contribution in [0.15, 0.2) is 23.4 Å². The Kier molecular flexibility index (Phi) is 3.09. The van der Waals surface area contributed by atoms with Crippen LogP contribution in [0.5, 0.6) is 0 Å². The van der Waals surface area contributed by atoms with Gasteiger partial charge in [0.05, 0.1) is 5.70 Å². The van der Waals surface area contributed by atoms with E-state index < -0.39 is 0 Å². The van der Waals surface area contributed by atoms with Gasteiger partial charge >= 0.3 is 0 Å². The molecule has 0 spiro atoms. The standard InChI is InChI=1S/C11H15NO3/c1-11(2,3)7-4-10(15)8(12-6-13)5-9(7)14/h4-5,12-13H,6H2,1-3H3. The van der Waals surface area contributed by atoms with E-state index in [9.17, 15) is 9.59 Å². The predicted molar refractivity (Wildman–Crippen MR) is 55.9 cm³/mol. The van der Waals surface area contributed by atoms with E-state index in [4.69, 9.17) is 5.11 Å². The zero-order valence-electron chi connectivity index (χ0n) is 9.13. The quantitative estimate of drug-likeness (QED) is 0.514. The second-order valence-corrected chi connectivity index (χ2v) is 4.43. The number of hydrogen-bond acceptors (Lipinski definition) is 4. The molecule has 1 rings (SSSR count). The largest absolute Gasteiger partial charge is 0.377 e. The van der Waals surface area contributed by atoms with Gasteiger partial charge in [0, 0.05) is 11.6 Å². The van der Waals surface area contributed by atoms with Gasteiger partial charge in [0.15, 0.2) is 5.78 Å². The van der Waals surface area contributed by atoms with Crippen LogP contribution in [-0.2, 0) is 9.59 Å². The molecule has 0 radical (unpaired) electrons. The van der Waals surface area contributed by atoms with Crippen molar-refractivity contribution in [3.63, 3.8) is 0 Å². The maximum atomic E-state index is 11.7. The Hall–Kier alpha value is -1.42. The third-order valence-corrected chi connectivity index (χ3v) is 2.16. The molecule has 4 nitrogen and oxygen atoms in total. The molecular formula is C11H15NO3. The van der Waals surface area contributed by atoms with Gasteiger partial charge in [-0.1, -0.05) is 20.8 Å². The first-order chi connectivity index (χ1) is 6.86. The van der Waals surface area contributed by atoms with Gasteiger partial charge in [0.25, 0.3) is 0 Å². The predicted octanol–water partition coefficient (Wildman–Crippen LogP) is 0.534. The lowest BCUT2D eigenvalue weighted by atomic mass is 9.81. The first-order valence-corrected chi connectivity index (χ1v) is 4.73. The average molecular weight is 209 g/mol. The number of ketones is 2. The summed E-state index contributed by atoms with van der Waals surface area (Å²) in [4.78, 5) is 23.2. The van der Waals surface area contributed by atoms with E-state index in [1.54, 1.807) is 0 Å². The molecule has 2 N–H and O–H groups in total. The fourth-order valence-electron chi connectivity index (χ4n) is 1.37. The molecule has 4 heteroatoms. The second kappa shape index (κ2) is 3.98. The summed E-state index contributed by atoms with van der Waals surface area (Å²) in [5.41, 5.74) is 0.306. The van der Waals surface area contributed by atoms with E-state index in [-0.39, 0.29) is 29.4 Å². The molecule has 0 saturated heterocycles. The van der Waals surface area contributed by atoms with Crippen LogP contribution in [0.3, 0.4) is 0 Å². The Morgan fingerprint density at radius 3 is 2.27 bits per heavy atom. The first kappa shape index (κ1) is 11.7. The van der Waals surface area contributed by atoms with E-state index in [1.165, 1.54) is 12.2 Å².